The maximum atomic E-state index is 13.1. The summed E-state index contributed by atoms with van der Waals surface area (Å²) in [6.45, 7) is 3.80. The van der Waals surface area contributed by atoms with Crippen molar-refractivity contribution in [3.63, 3.8) is 0 Å². The Hall–Kier alpha value is -1.50. The second kappa shape index (κ2) is 6.30. The first-order chi connectivity index (χ1) is 9.47. The van der Waals surface area contributed by atoms with Crippen LogP contribution in [0.25, 0.3) is 0 Å². The zero-order chi connectivity index (χ0) is 14.7. The van der Waals surface area contributed by atoms with E-state index in [1.165, 1.54) is 24.4 Å². The zero-order valence-corrected chi connectivity index (χ0v) is 13.2. The Kier molecular flexibility index (Phi) is 4.69. The summed E-state index contributed by atoms with van der Waals surface area (Å²) >= 11 is 1.94. The highest BCUT2D eigenvalue weighted by molar-refractivity contribution is 14.1. The standard InChI is InChI=1S/C15H13FINO2/c1-9(2)20-12-5-10(7-18-8-12)15(19)13-4-3-11(16)6-14(13)17/h3-9H,1-2H3. The summed E-state index contributed by atoms with van der Waals surface area (Å²) in [6.07, 6.45) is 3.05. The number of hydrogen-bond donors (Lipinski definition) is 0. The SMILES string of the molecule is CC(C)Oc1cncc(C(=O)c2ccc(F)cc2I)c1. The van der Waals surface area contributed by atoms with Crippen LogP contribution in [0, 0.1) is 9.39 Å². The lowest BCUT2D eigenvalue weighted by Gasteiger charge is -2.10. The molecule has 20 heavy (non-hydrogen) atoms. The molecule has 0 N–H and O–H groups in total. The number of aromatic nitrogens is 1. The van der Waals surface area contributed by atoms with Crippen molar-refractivity contribution in [1.29, 1.82) is 0 Å². The van der Waals surface area contributed by atoms with Crippen LogP contribution < -0.4 is 4.74 Å². The number of carbonyl (C=O) groups excluding carboxylic acids is 1. The van der Waals surface area contributed by atoms with E-state index in [-0.39, 0.29) is 17.7 Å². The topological polar surface area (TPSA) is 39.2 Å². The number of rotatable bonds is 4. The van der Waals surface area contributed by atoms with Crippen molar-refractivity contribution in [3.05, 3.63) is 57.2 Å². The van der Waals surface area contributed by atoms with E-state index in [1.54, 1.807) is 12.3 Å². The third-order valence-corrected chi connectivity index (χ3v) is 3.42. The van der Waals surface area contributed by atoms with Crippen LogP contribution in [0.15, 0.2) is 36.7 Å². The van der Waals surface area contributed by atoms with Crippen molar-refractivity contribution in [3.8, 4) is 5.75 Å². The molecule has 2 rings (SSSR count). The van der Waals surface area contributed by atoms with Crippen LogP contribution >= 0.6 is 22.6 Å². The van der Waals surface area contributed by atoms with Gasteiger partial charge < -0.3 is 4.74 Å². The van der Waals surface area contributed by atoms with Crippen molar-refractivity contribution < 1.29 is 13.9 Å². The highest BCUT2D eigenvalue weighted by atomic mass is 127. The fraction of sp³-hybridized carbons (Fsp3) is 0.200. The number of nitrogens with zero attached hydrogens (tertiary/aromatic N) is 1. The normalized spacial score (nSPS) is 10.7. The van der Waals surface area contributed by atoms with E-state index in [0.29, 0.717) is 20.4 Å². The zero-order valence-electron chi connectivity index (χ0n) is 11.1. The Morgan fingerprint density at radius 1 is 1.30 bits per heavy atom. The molecule has 1 aromatic carbocycles. The summed E-state index contributed by atoms with van der Waals surface area (Å²) < 4.78 is 19.2. The molecular weight excluding hydrogens is 372 g/mol. The van der Waals surface area contributed by atoms with Crippen LogP contribution in [0.1, 0.15) is 29.8 Å². The van der Waals surface area contributed by atoms with Gasteiger partial charge >= 0.3 is 0 Å². The molecule has 3 nitrogen and oxygen atoms in total. The van der Waals surface area contributed by atoms with Crippen molar-refractivity contribution in [2.24, 2.45) is 0 Å². The number of carbonyl (C=O) groups is 1. The van der Waals surface area contributed by atoms with Crippen molar-refractivity contribution in [2.45, 2.75) is 20.0 Å². The highest BCUT2D eigenvalue weighted by Crippen LogP contribution is 2.20. The fourth-order valence-corrected chi connectivity index (χ4v) is 2.43. The summed E-state index contributed by atoms with van der Waals surface area (Å²) in [7, 11) is 0. The quantitative estimate of drug-likeness (QED) is 0.593. The molecule has 0 fully saturated rings. The van der Waals surface area contributed by atoms with Gasteiger partial charge in [0.15, 0.2) is 5.78 Å². The molecule has 0 atom stereocenters. The van der Waals surface area contributed by atoms with Gasteiger partial charge in [0.1, 0.15) is 11.6 Å². The average Bonchev–Trinajstić information content (AvgIpc) is 2.37. The number of pyridine rings is 1. The summed E-state index contributed by atoms with van der Waals surface area (Å²) in [4.78, 5) is 16.4. The van der Waals surface area contributed by atoms with Crippen molar-refractivity contribution >= 4 is 28.4 Å². The Morgan fingerprint density at radius 2 is 2.05 bits per heavy atom. The molecule has 1 aromatic heterocycles. The maximum Gasteiger partial charge on any atom is 0.195 e. The van der Waals surface area contributed by atoms with Gasteiger partial charge in [-0.15, -0.1) is 0 Å². The van der Waals surface area contributed by atoms with E-state index >= 15 is 0 Å². The van der Waals surface area contributed by atoms with Crippen LogP contribution in [0.4, 0.5) is 4.39 Å². The van der Waals surface area contributed by atoms with Gasteiger partial charge in [-0.25, -0.2) is 4.39 Å². The smallest absolute Gasteiger partial charge is 0.195 e. The van der Waals surface area contributed by atoms with Crippen LogP contribution in [0.3, 0.4) is 0 Å². The van der Waals surface area contributed by atoms with E-state index in [2.05, 4.69) is 4.98 Å². The molecule has 0 spiro atoms. The minimum absolute atomic E-state index is 0.00751. The minimum Gasteiger partial charge on any atom is -0.489 e. The predicted molar refractivity (Wildman–Crippen MR) is 82.6 cm³/mol. The van der Waals surface area contributed by atoms with Gasteiger partial charge in [0, 0.05) is 20.9 Å². The molecule has 1 heterocycles. The number of ketones is 1. The highest BCUT2D eigenvalue weighted by Gasteiger charge is 2.14. The third kappa shape index (κ3) is 3.53. The predicted octanol–water partition coefficient (Wildman–Crippen LogP) is 3.84. The van der Waals surface area contributed by atoms with E-state index in [1.807, 2.05) is 36.4 Å². The first-order valence-electron chi connectivity index (χ1n) is 6.09. The number of hydrogen-bond acceptors (Lipinski definition) is 3. The molecule has 104 valence electrons. The largest absolute Gasteiger partial charge is 0.489 e. The van der Waals surface area contributed by atoms with Gasteiger partial charge in [-0.1, -0.05) is 0 Å². The maximum absolute atomic E-state index is 13.1. The molecule has 0 aliphatic carbocycles. The Bertz CT molecular complexity index is 644. The first-order valence-corrected chi connectivity index (χ1v) is 7.16. The minimum atomic E-state index is -0.360. The van der Waals surface area contributed by atoms with Gasteiger partial charge in [-0.3, -0.25) is 9.78 Å². The van der Waals surface area contributed by atoms with Gasteiger partial charge in [0.25, 0.3) is 0 Å². The molecule has 0 aliphatic heterocycles. The Morgan fingerprint density at radius 3 is 2.70 bits per heavy atom. The second-order valence-electron chi connectivity index (χ2n) is 4.53. The summed E-state index contributed by atoms with van der Waals surface area (Å²) in [6, 6.07) is 5.73. The molecule has 0 unspecified atom stereocenters. The van der Waals surface area contributed by atoms with Crippen LogP contribution in [-0.4, -0.2) is 16.9 Å². The van der Waals surface area contributed by atoms with Crippen LogP contribution in [0.2, 0.25) is 0 Å². The van der Waals surface area contributed by atoms with Gasteiger partial charge in [0.2, 0.25) is 0 Å². The molecule has 5 heteroatoms. The molecule has 0 saturated heterocycles. The lowest BCUT2D eigenvalue weighted by atomic mass is 10.1. The van der Waals surface area contributed by atoms with Crippen LogP contribution in [-0.2, 0) is 0 Å². The van der Waals surface area contributed by atoms with Gasteiger partial charge in [-0.2, -0.15) is 0 Å². The molecule has 2 aromatic rings. The number of ether oxygens (including phenoxy) is 1. The summed E-state index contributed by atoms with van der Waals surface area (Å²) in [5, 5.41) is 0. The monoisotopic (exact) mass is 385 g/mol. The van der Waals surface area contributed by atoms with E-state index in [4.69, 9.17) is 4.74 Å². The Labute approximate surface area is 130 Å². The van der Waals surface area contributed by atoms with E-state index in [9.17, 15) is 9.18 Å². The summed E-state index contributed by atoms with van der Waals surface area (Å²) in [5.41, 5.74) is 0.878. The van der Waals surface area contributed by atoms with Gasteiger partial charge in [-0.05, 0) is 60.7 Å². The van der Waals surface area contributed by atoms with Crippen LogP contribution in [0.5, 0.6) is 5.75 Å². The Balaban J connectivity index is 2.33. The molecule has 0 saturated carbocycles. The first kappa shape index (κ1) is 14.9. The lowest BCUT2D eigenvalue weighted by molar-refractivity contribution is 0.103. The van der Waals surface area contributed by atoms with Crippen molar-refractivity contribution in [1.82, 2.24) is 4.98 Å². The average molecular weight is 385 g/mol. The number of halogens is 2. The number of benzene rings is 1. The van der Waals surface area contributed by atoms with Crippen molar-refractivity contribution in [2.75, 3.05) is 0 Å². The fourth-order valence-electron chi connectivity index (χ4n) is 1.71. The summed E-state index contributed by atoms with van der Waals surface area (Å²) in [5.74, 6) is -0.0138. The second-order valence-corrected chi connectivity index (χ2v) is 5.69. The molecule has 0 bridgehead atoms. The molecular formula is C15H13FINO2. The third-order valence-electron chi connectivity index (χ3n) is 2.52. The molecule has 0 aliphatic rings. The van der Waals surface area contributed by atoms with E-state index in [0.717, 1.165) is 0 Å². The molecule has 0 radical (unpaired) electrons. The van der Waals surface area contributed by atoms with Gasteiger partial charge in [0.05, 0.1) is 12.3 Å². The van der Waals surface area contributed by atoms with E-state index < -0.39 is 0 Å². The molecule has 0 amide bonds. The lowest BCUT2D eigenvalue weighted by Crippen LogP contribution is -2.08.